The first-order chi connectivity index (χ1) is 13.5. The molecule has 0 radical (unpaired) electrons. The molecule has 0 aliphatic carbocycles. The van der Waals surface area contributed by atoms with Crippen molar-refractivity contribution in [3.63, 3.8) is 0 Å². The Labute approximate surface area is 170 Å². The number of unbranched alkanes of at least 4 members (excludes halogenated alkanes) is 12. The van der Waals surface area contributed by atoms with Gasteiger partial charge in [-0.25, -0.2) is 4.79 Å². The minimum Gasteiger partial charge on any atom is -0.480 e. The topological polar surface area (TPSA) is 104 Å². The zero-order chi connectivity index (χ0) is 21.0. The second-order valence-electron chi connectivity index (χ2n) is 7.77. The van der Waals surface area contributed by atoms with Crippen molar-refractivity contribution < 1.29 is 24.6 Å². The predicted octanol–water partition coefficient (Wildman–Crippen LogP) is 4.38. The molecule has 0 aliphatic rings. The van der Waals surface area contributed by atoms with Gasteiger partial charge in [0.1, 0.15) is 11.8 Å². The largest absolute Gasteiger partial charge is 0.480 e. The van der Waals surface area contributed by atoms with Gasteiger partial charge in [-0.1, -0.05) is 70.6 Å². The second-order valence-corrected chi connectivity index (χ2v) is 7.77. The molecule has 0 aromatic heterocycles. The molecule has 6 heteroatoms. The number of hydrogen-bond acceptors (Lipinski definition) is 4. The average molecular weight is 400 g/mol. The van der Waals surface area contributed by atoms with Crippen LogP contribution in [0.2, 0.25) is 0 Å². The van der Waals surface area contributed by atoms with E-state index in [2.05, 4.69) is 5.32 Å². The van der Waals surface area contributed by atoms with Crippen LogP contribution in [0.1, 0.15) is 110 Å². The molecule has 1 atom stereocenters. The van der Waals surface area contributed by atoms with E-state index in [1.165, 1.54) is 58.3 Å². The van der Waals surface area contributed by atoms with Crippen molar-refractivity contribution in [1.82, 2.24) is 5.32 Å². The number of amides is 1. The number of nitrogens with one attached hydrogen (secondary N) is 1. The van der Waals surface area contributed by atoms with Gasteiger partial charge >= 0.3 is 5.97 Å². The van der Waals surface area contributed by atoms with Crippen molar-refractivity contribution in [3.05, 3.63) is 0 Å². The van der Waals surface area contributed by atoms with Gasteiger partial charge in [0.15, 0.2) is 0 Å². The summed E-state index contributed by atoms with van der Waals surface area (Å²) >= 11 is 0. The van der Waals surface area contributed by atoms with Gasteiger partial charge in [-0.15, -0.1) is 0 Å². The fourth-order valence-electron chi connectivity index (χ4n) is 3.21. The summed E-state index contributed by atoms with van der Waals surface area (Å²) in [6.45, 7) is 1.73. The Morgan fingerprint density at radius 2 is 1.14 bits per heavy atom. The number of hydrogen-bond donors (Lipinski definition) is 3. The summed E-state index contributed by atoms with van der Waals surface area (Å²) in [5.41, 5.74) is 0. The van der Waals surface area contributed by atoms with E-state index in [0.29, 0.717) is 13.0 Å². The van der Waals surface area contributed by atoms with Crippen LogP contribution in [0.25, 0.3) is 0 Å². The van der Waals surface area contributed by atoms with Crippen molar-refractivity contribution >= 4 is 17.7 Å². The molecule has 0 rings (SSSR count). The maximum Gasteiger partial charge on any atom is 0.326 e. The Bertz CT molecular complexity index is 425. The minimum absolute atomic E-state index is 0.0708. The summed E-state index contributed by atoms with van der Waals surface area (Å²) in [6, 6.07) is -0.967. The van der Waals surface area contributed by atoms with Crippen LogP contribution in [0.4, 0.5) is 0 Å². The van der Waals surface area contributed by atoms with E-state index in [1.54, 1.807) is 0 Å². The van der Waals surface area contributed by atoms with Gasteiger partial charge in [0.05, 0.1) is 0 Å². The molecular weight excluding hydrogens is 358 g/mol. The van der Waals surface area contributed by atoms with E-state index in [1.807, 2.05) is 0 Å². The summed E-state index contributed by atoms with van der Waals surface area (Å²) in [7, 11) is 0. The Balaban J connectivity index is 3.48. The van der Waals surface area contributed by atoms with E-state index in [4.69, 9.17) is 10.2 Å². The smallest absolute Gasteiger partial charge is 0.326 e. The standard InChI is InChI=1S/C22H41NO5/c1-19(25)16-17-20(22(27)28)23-21(26)15-13-11-9-7-5-3-2-4-6-8-10-12-14-18-24/h20,24H,2-18H2,1H3,(H,23,26)(H,27,28). The molecule has 164 valence electrons. The van der Waals surface area contributed by atoms with Crippen LogP contribution >= 0.6 is 0 Å². The number of ketones is 1. The second kappa shape index (κ2) is 18.9. The number of aliphatic carboxylic acids is 1. The number of carbonyl (C=O) groups is 3. The molecule has 0 heterocycles. The SMILES string of the molecule is CC(=O)CCC(NC(=O)CCCCCCCCCCCCCCCO)C(=O)O. The Hall–Kier alpha value is -1.43. The van der Waals surface area contributed by atoms with Crippen LogP contribution < -0.4 is 5.32 Å². The molecule has 0 saturated heterocycles. The minimum atomic E-state index is -1.08. The number of aliphatic hydroxyl groups excluding tert-OH is 1. The molecule has 1 amide bonds. The summed E-state index contributed by atoms with van der Waals surface area (Å²) in [4.78, 5) is 33.9. The molecule has 0 aliphatic heterocycles. The maximum absolute atomic E-state index is 11.8. The molecule has 0 aromatic rings. The monoisotopic (exact) mass is 399 g/mol. The van der Waals surface area contributed by atoms with Gasteiger partial charge < -0.3 is 20.3 Å². The van der Waals surface area contributed by atoms with E-state index >= 15 is 0 Å². The van der Waals surface area contributed by atoms with Crippen molar-refractivity contribution in [2.75, 3.05) is 6.61 Å². The lowest BCUT2D eigenvalue weighted by Gasteiger charge is -2.13. The van der Waals surface area contributed by atoms with Gasteiger partial charge in [0.2, 0.25) is 5.91 Å². The van der Waals surface area contributed by atoms with Crippen molar-refractivity contribution in [2.24, 2.45) is 0 Å². The van der Waals surface area contributed by atoms with Gasteiger partial charge in [-0.05, 0) is 26.2 Å². The number of carboxylic acid groups (broad SMARTS) is 1. The van der Waals surface area contributed by atoms with Gasteiger partial charge in [0, 0.05) is 19.4 Å². The normalized spacial score (nSPS) is 11.9. The van der Waals surface area contributed by atoms with Crippen molar-refractivity contribution in [3.8, 4) is 0 Å². The van der Waals surface area contributed by atoms with Crippen LogP contribution in [-0.2, 0) is 14.4 Å². The van der Waals surface area contributed by atoms with E-state index in [-0.39, 0.29) is 24.5 Å². The zero-order valence-corrected chi connectivity index (χ0v) is 17.7. The lowest BCUT2D eigenvalue weighted by atomic mass is 10.0. The highest BCUT2D eigenvalue weighted by Crippen LogP contribution is 2.13. The maximum atomic E-state index is 11.8. The van der Waals surface area contributed by atoms with Gasteiger partial charge in [-0.2, -0.15) is 0 Å². The van der Waals surface area contributed by atoms with Crippen molar-refractivity contribution in [2.45, 2.75) is 116 Å². The third-order valence-electron chi connectivity index (χ3n) is 4.98. The third-order valence-corrected chi connectivity index (χ3v) is 4.98. The molecule has 6 nitrogen and oxygen atoms in total. The highest BCUT2D eigenvalue weighted by atomic mass is 16.4. The number of carbonyl (C=O) groups excluding carboxylic acids is 2. The lowest BCUT2D eigenvalue weighted by molar-refractivity contribution is -0.142. The Kier molecular flexibility index (Phi) is 17.9. The number of aliphatic hydroxyl groups is 1. The summed E-state index contributed by atoms with van der Waals surface area (Å²) < 4.78 is 0. The number of Topliss-reactive ketones (excluding diaryl/α,β-unsaturated/α-hetero) is 1. The quantitative estimate of drug-likeness (QED) is 0.264. The van der Waals surface area contributed by atoms with Crippen LogP contribution in [0.15, 0.2) is 0 Å². The number of carboxylic acids is 1. The molecule has 28 heavy (non-hydrogen) atoms. The molecule has 0 bridgehead atoms. The van der Waals surface area contributed by atoms with Crippen LogP contribution in [-0.4, -0.2) is 40.5 Å². The summed E-state index contributed by atoms with van der Waals surface area (Å²) in [6.07, 6.45) is 15.7. The first-order valence-corrected chi connectivity index (χ1v) is 11.1. The predicted molar refractivity (Wildman–Crippen MR) is 111 cm³/mol. The molecule has 0 saturated carbocycles. The van der Waals surface area contributed by atoms with E-state index < -0.39 is 12.0 Å². The van der Waals surface area contributed by atoms with E-state index in [0.717, 1.165) is 32.1 Å². The molecule has 1 unspecified atom stereocenters. The molecule has 0 fully saturated rings. The van der Waals surface area contributed by atoms with Crippen LogP contribution in [0, 0.1) is 0 Å². The fourth-order valence-corrected chi connectivity index (χ4v) is 3.21. The Morgan fingerprint density at radius 1 is 0.714 bits per heavy atom. The average Bonchev–Trinajstić information content (AvgIpc) is 2.65. The molecule has 3 N–H and O–H groups in total. The van der Waals surface area contributed by atoms with Crippen molar-refractivity contribution in [1.29, 1.82) is 0 Å². The third kappa shape index (κ3) is 18.0. The highest BCUT2D eigenvalue weighted by Gasteiger charge is 2.19. The molecule has 0 spiro atoms. The first kappa shape index (κ1) is 26.6. The van der Waals surface area contributed by atoms with Gasteiger partial charge in [-0.3, -0.25) is 4.79 Å². The fraction of sp³-hybridized carbons (Fsp3) is 0.864. The first-order valence-electron chi connectivity index (χ1n) is 11.1. The van der Waals surface area contributed by atoms with E-state index in [9.17, 15) is 14.4 Å². The van der Waals surface area contributed by atoms with Gasteiger partial charge in [0.25, 0.3) is 0 Å². The van der Waals surface area contributed by atoms with Crippen LogP contribution in [0.3, 0.4) is 0 Å². The lowest BCUT2D eigenvalue weighted by Crippen LogP contribution is -2.40. The zero-order valence-electron chi connectivity index (χ0n) is 17.7. The number of rotatable bonds is 20. The summed E-state index contributed by atoms with van der Waals surface area (Å²) in [5, 5.41) is 20.3. The Morgan fingerprint density at radius 3 is 1.54 bits per heavy atom. The molecular formula is C22H41NO5. The summed E-state index contributed by atoms with van der Waals surface area (Å²) in [5.74, 6) is -1.40. The molecule has 0 aromatic carbocycles. The van der Waals surface area contributed by atoms with Crippen LogP contribution in [0.5, 0.6) is 0 Å². The highest BCUT2D eigenvalue weighted by molar-refractivity contribution is 5.84.